The molecular weight excluding hydrogens is 434 g/mol. The van der Waals surface area contributed by atoms with Crippen molar-refractivity contribution in [3.8, 4) is 16.8 Å². The van der Waals surface area contributed by atoms with E-state index in [4.69, 9.17) is 0 Å². The second kappa shape index (κ2) is 6.86. The number of para-hydroxylation sites is 1. The molecule has 0 spiro atoms. The molecule has 0 saturated heterocycles. The molecule has 0 fully saturated rings. The Labute approximate surface area is 210 Å². The topological polar surface area (TPSA) is 4.93 Å². The van der Waals surface area contributed by atoms with Gasteiger partial charge in [0, 0.05) is 21.9 Å². The van der Waals surface area contributed by atoms with E-state index in [-0.39, 0.29) is 5.41 Å². The van der Waals surface area contributed by atoms with Crippen LogP contribution in [0, 0.1) is 0 Å². The molecule has 0 radical (unpaired) electrons. The molecule has 1 heterocycles. The summed E-state index contributed by atoms with van der Waals surface area (Å²) < 4.78 is 2.45. The predicted molar refractivity (Wildman–Crippen MR) is 153 cm³/mol. The van der Waals surface area contributed by atoms with Crippen molar-refractivity contribution in [3.63, 3.8) is 0 Å². The summed E-state index contributed by atoms with van der Waals surface area (Å²) >= 11 is 0. The van der Waals surface area contributed by atoms with E-state index in [1.165, 1.54) is 71.3 Å². The van der Waals surface area contributed by atoms with E-state index in [1.807, 2.05) is 0 Å². The first-order chi connectivity index (χ1) is 17.6. The minimum Gasteiger partial charge on any atom is -0.309 e. The summed E-state index contributed by atoms with van der Waals surface area (Å²) in [6, 6.07) is 42.7. The number of nitrogens with zero attached hydrogens (tertiary/aromatic N) is 1. The maximum Gasteiger partial charge on any atom is 0.0547 e. The minimum atomic E-state index is -0.00662. The van der Waals surface area contributed by atoms with Gasteiger partial charge in [-0.2, -0.15) is 0 Å². The van der Waals surface area contributed by atoms with Crippen LogP contribution in [0.15, 0.2) is 115 Å². The molecule has 0 bridgehead atoms. The molecule has 36 heavy (non-hydrogen) atoms. The van der Waals surface area contributed by atoms with E-state index in [1.54, 1.807) is 0 Å². The molecule has 6 aromatic carbocycles. The predicted octanol–water partition coefficient (Wildman–Crippen LogP) is 9.40. The van der Waals surface area contributed by atoms with E-state index in [9.17, 15) is 0 Å². The zero-order chi connectivity index (χ0) is 24.0. The van der Waals surface area contributed by atoms with E-state index in [2.05, 4.69) is 134 Å². The molecule has 0 unspecified atom stereocenters. The summed E-state index contributed by atoms with van der Waals surface area (Å²) in [7, 11) is 0. The van der Waals surface area contributed by atoms with Crippen LogP contribution >= 0.6 is 0 Å². The summed E-state index contributed by atoms with van der Waals surface area (Å²) in [6.45, 7) is 4.71. The second-order valence-electron chi connectivity index (χ2n) is 10.6. The zero-order valence-corrected chi connectivity index (χ0v) is 20.4. The molecule has 0 atom stereocenters. The van der Waals surface area contributed by atoms with Gasteiger partial charge >= 0.3 is 0 Å². The fourth-order valence-electron chi connectivity index (χ4n) is 6.58. The normalized spacial score (nSPS) is 14.1. The molecule has 0 amide bonds. The van der Waals surface area contributed by atoms with Crippen molar-refractivity contribution >= 4 is 43.4 Å². The van der Waals surface area contributed by atoms with Gasteiger partial charge in [0.25, 0.3) is 0 Å². The Morgan fingerprint density at radius 1 is 0.472 bits per heavy atom. The van der Waals surface area contributed by atoms with Crippen LogP contribution in [-0.4, -0.2) is 4.57 Å². The molecular formula is C35H25N. The summed E-state index contributed by atoms with van der Waals surface area (Å²) in [5, 5.41) is 7.79. The average molecular weight is 460 g/mol. The van der Waals surface area contributed by atoms with Crippen molar-refractivity contribution in [2.24, 2.45) is 0 Å². The number of hydrogen-bond acceptors (Lipinski definition) is 0. The van der Waals surface area contributed by atoms with Crippen LogP contribution in [0.3, 0.4) is 0 Å². The van der Waals surface area contributed by atoms with Crippen molar-refractivity contribution in [2.75, 3.05) is 0 Å². The van der Waals surface area contributed by atoms with Gasteiger partial charge in [0.1, 0.15) is 0 Å². The van der Waals surface area contributed by atoms with E-state index in [0.29, 0.717) is 0 Å². The molecule has 7 aromatic rings. The number of aromatic nitrogens is 1. The van der Waals surface area contributed by atoms with Crippen LogP contribution in [0.5, 0.6) is 0 Å². The van der Waals surface area contributed by atoms with Gasteiger partial charge in [-0.25, -0.2) is 0 Å². The second-order valence-corrected chi connectivity index (χ2v) is 10.6. The van der Waals surface area contributed by atoms with Crippen LogP contribution in [0.1, 0.15) is 25.0 Å². The molecule has 1 nitrogen and oxygen atoms in total. The number of fused-ring (bicyclic) bond motifs is 9. The highest BCUT2D eigenvalue weighted by Gasteiger charge is 2.36. The zero-order valence-electron chi connectivity index (χ0n) is 20.4. The highest BCUT2D eigenvalue weighted by molar-refractivity contribution is 6.12. The Hall–Kier alpha value is -4.36. The average Bonchev–Trinajstić information content (AvgIpc) is 3.36. The number of rotatable bonds is 1. The molecule has 1 aliphatic rings. The lowest BCUT2D eigenvalue weighted by atomic mass is 9.82. The van der Waals surface area contributed by atoms with Crippen molar-refractivity contribution in [3.05, 3.63) is 126 Å². The standard InChI is InChI=1S/C35H25N/c1-35(2)31-13-7-5-11-27(31)29-21-34-30(20-32(29)35)28-12-6-8-14-33(28)36(34)24-17-18-26-23(19-24)16-15-22-9-3-4-10-25(22)26/h3-21H,1-2H3. The van der Waals surface area contributed by atoms with Gasteiger partial charge in [-0.1, -0.05) is 98.8 Å². The summed E-state index contributed by atoms with van der Waals surface area (Å²) in [6.07, 6.45) is 0. The fraction of sp³-hybridized carbons (Fsp3) is 0.0857. The lowest BCUT2D eigenvalue weighted by molar-refractivity contribution is 0.661. The van der Waals surface area contributed by atoms with Gasteiger partial charge in [0.05, 0.1) is 11.0 Å². The van der Waals surface area contributed by atoms with Gasteiger partial charge in [-0.3, -0.25) is 0 Å². The van der Waals surface area contributed by atoms with Crippen molar-refractivity contribution in [2.45, 2.75) is 19.3 Å². The Balaban J connectivity index is 1.46. The largest absolute Gasteiger partial charge is 0.309 e. The maximum absolute atomic E-state index is 2.46. The molecule has 1 heteroatoms. The highest BCUT2D eigenvalue weighted by atomic mass is 15.0. The van der Waals surface area contributed by atoms with E-state index < -0.39 is 0 Å². The SMILES string of the molecule is CC1(C)c2ccccc2-c2cc3c(cc21)c1ccccc1n3-c1ccc2c(ccc3ccccc32)c1. The Kier molecular flexibility index (Phi) is 3.79. The highest BCUT2D eigenvalue weighted by Crippen LogP contribution is 2.50. The van der Waals surface area contributed by atoms with Gasteiger partial charge < -0.3 is 4.57 Å². The van der Waals surface area contributed by atoms with Crippen molar-refractivity contribution in [1.82, 2.24) is 4.57 Å². The number of benzene rings is 6. The van der Waals surface area contributed by atoms with Gasteiger partial charge in [-0.05, 0) is 74.1 Å². The Bertz CT molecular complexity index is 2020. The molecule has 0 saturated carbocycles. The minimum absolute atomic E-state index is 0.00662. The Morgan fingerprint density at radius 2 is 1.19 bits per heavy atom. The molecule has 1 aliphatic carbocycles. The number of hydrogen-bond donors (Lipinski definition) is 0. The third kappa shape index (κ3) is 2.50. The summed E-state index contributed by atoms with van der Waals surface area (Å²) in [5.74, 6) is 0. The van der Waals surface area contributed by atoms with Crippen LogP contribution in [-0.2, 0) is 5.41 Å². The lowest BCUT2D eigenvalue weighted by Gasteiger charge is -2.21. The van der Waals surface area contributed by atoms with E-state index >= 15 is 0 Å². The first-order valence-corrected chi connectivity index (χ1v) is 12.7. The van der Waals surface area contributed by atoms with Crippen molar-refractivity contribution < 1.29 is 0 Å². The lowest BCUT2D eigenvalue weighted by Crippen LogP contribution is -2.14. The van der Waals surface area contributed by atoms with Crippen LogP contribution in [0.2, 0.25) is 0 Å². The molecule has 8 rings (SSSR count). The van der Waals surface area contributed by atoms with E-state index in [0.717, 1.165) is 0 Å². The smallest absolute Gasteiger partial charge is 0.0547 e. The molecule has 0 aliphatic heterocycles. The quantitative estimate of drug-likeness (QED) is 0.215. The molecule has 1 aromatic heterocycles. The van der Waals surface area contributed by atoms with Crippen molar-refractivity contribution in [1.29, 1.82) is 0 Å². The third-order valence-electron chi connectivity index (χ3n) is 8.36. The Morgan fingerprint density at radius 3 is 2.11 bits per heavy atom. The first kappa shape index (κ1) is 19.9. The monoisotopic (exact) mass is 459 g/mol. The van der Waals surface area contributed by atoms with Gasteiger partial charge in [-0.15, -0.1) is 0 Å². The first-order valence-electron chi connectivity index (χ1n) is 12.7. The fourth-order valence-corrected chi connectivity index (χ4v) is 6.58. The molecule has 0 N–H and O–H groups in total. The van der Waals surface area contributed by atoms with Crippen LogP contribution in [0.4, 0.5) is 0 Å². The summed E-state index contributed by atoms with van der Waals surface area (Å²) in [5.41, 5.74) is 9.28. The third-order valence-corrected chi connectivity index (χ3v) is 8.36. The molecule has 170 valence electrons. The summed E-state index contributed by atoms with van der Waals surface area (Å²) in [4.78, 5) is 0. The van der Waals surface area contributed by atoms with Crippen LogP contribution < -0.4 is 0 Å². The maximum atomic E-state index is 2.46. The van der Waals surface area contributed by atoms with Gasteiger partial charge in [0.2, 0.25) is 0 Å². The van der Waals surface area contributed by atoms with Gasteiger partial charge in [0.15, 0.2) is 0 Å². The van der Waals surface area contributed by atoms with Crippen LogP contribution in [0.25, 0.3) is 60.2 Å².